The number of hydrogen-bond acceptors (Lipinski definition) is 3. The highest BCUT2D eigenvalue weighted by Gasteiger charge is 2.19. The molecule has 0 bridgehead atoms. The van der Waals surface area contributed by atoms with Gasteiger partial charge < -0.3 is 5.11 Å². The van der Waals surface area contributed by atoms with Crippen LogP contribution in [0.4, 0.5) is 5.82 Å². The molecule has 0 aliphatic carbocycles. The molecule has 0 aliphatic rings. The molecule has 0 unspecified atom stereocenters. The van der Waals surface area contributed by atoms with Crippen LogP contribution in [0.25, 0.3) is 0 Å². The summed E-state index contributed by atoms with van der Waals surface area (Å²) in [6.45, 7) is 1.98. The number of carbonyl (C=O) groups is 2. The van der Waals surface area contributed by atoms with Gasteiger partial charge in [-0.25, -0.2) is 4.98 Å². The number of aliphatic carboxylic acids is 1. The number of rotatable bonds is 5. The van der Waals surface area contributed by atoms with Crippen molar-refractivity contribution in [2.45, 2.75) is 13.3 Å². The van der Waals surface area contributed by atoms with Crippen LogP contribution in [0.15, 0.2) is 48.7 Å². The van der Waals surface area contributed by atoms with Crippen molar-refractivity contribution in [3.63, 3.8) is 0 Å². The number of carboxylic acids is 1. The standard InChI is InChI=1S/C16H16N2O3/c1-12-7-8-14(17-11-12)18(10-9-15(19)20)16(21)13-5-3-2-4-6-13/h2-8,11H,9-10H2,1H3,(H,19,20). The van der Waals surface area contributed by atoms with E-state index in [4.69, 9.17) is 5.11 Å². The fourth-order valence-corrected chi connectivity index (χ4v) is 1.88. The van der Waals surface area contributed by atoms with Crippen molar-refractivity contribution in [3.8, 4) is 0 Å². The van der Waals surface area contributed by atoms with Crippen molar-refractivity contribution < 1.29 is 14.7 Å². The zero-order valence-electron chi connectivity index (χ0n) is 11.7. The molecule has 2 aromatic rings. The predicted octanol–water partition coefficient (Wildman–Crippen LogP) is 2.51. The summed E-state index contributed by atoms with van der Waals surface area (Å²) in [5, 5.41) is 8.85. The third-order valence-electron chi connectivity index (χ3n) is 2.99. The van der Waals surface area contributed by atoms with E-state index in [-0.39, 0.29) is 18.9 Å². The molecule has 108 valence electrons. The first-order valence-corrected chi connectivity index (χ1v) is 6.59. The molecule has 1 N–H and O–H groups in total. The van der Waals surface area contributed by atoms with Gasteiger partial charge in [-0.2, -0.15) is 0 Å². The van der Waals surface area contributed by atoms with E-state index >= 15 is 0 Å². The SMILES string of the molecule is Cc1ccc(N(CCC(=O)O)C(=O)c2ccccc2)nc1. The van der Waals surface area contributed by atoms with Crippen LogP contribution in [0.1, 0.15) is 22.3 Å². The van der Waals surface area contributed by atoms with Gasteiger partial charge in [0.15, 0.2) is 0 Å². The van der Waals surface area contributed by atoms with Gasteiger partial charge in [0, 0.05) is 18.3 Å². The second-order valence-electron chi connectivity index (χ2n) is 4.66. The summed E-state index contributed by atoms with van der Waals surface area (Å²) < 4.78 is 0. The van der Waals surface area contributed by atoms with Gasteiger partial charge >= 0.3 is 5.97 Å². The molecule has 2 rings (SSSR count). The second-order valence-corrected chi connectivity index (χ2v) is 4.66. The molecule has 5 nitrogen and oxygen atoms in total. The van der Waals surface area contributed by atoms with Crippen molar-refractivity contribution in [2.75, 3.05) is 11.4 Å². The number of aryl methyl sites for hydroxylation is 1. The maximum Gasteiger partial charge on any atom is 0.305 e. The van der Waals surface area contributed by atoms with E-state index in [1.165, 1.54) is 4.90 Å². The first kappa shape index (κ1) is 14.7. The van der Waals surface area contributed by atoms with E-state index in [9.17, 15) is 9.59 Å². The molecule has 0 saturated carbocycles. The topological polar surface area (TPSA) is 70.5 Å². The minimum Gasteiger partial charge on any atom is -0.481 e. The first-order chi connectivity index (χ1) is 10.1. The quantitative estimate of drug-likeness (QED) is 0.915. The van der Waals surface area contributed by atoms with Gasteiger partial charge in [0.2, 0.25) is 0 Å². The number of carbonyl (C=O) groups excluding carboxylic acids is 1. The summed E-state index contributed by atoms with van der Waals surface area (Å²) in [5.74, 6) is -0.753. The number of nitrogens with zero attached hydrogens (tertiary/aromatic N) is 2. The summed E-state index contributed by atoms with van der Waals surface area (Å²) in [5.41, 5.74) is 1.48. The van der Waals surface area contributed by atoms with Crippen molar-refractivity contribution >= 4 is 17.7 Å². The van der Waals surface area contributed by atoms with Crippen molar-refractivity contribution in [3.05, 3.63) is 59.8 Å². The van der Waals surface area contributed by atoms with E-state index in [0.717, 1.165) is 5.56 Å². The maximum absolute atomic E-state index is 12.5. The molecule has 1 aromatic heterocycles. The number of carboxylic acid groups (broad SMARTS) is 1. The van der Waals surface area contributed by atoms with E-state index in [2.05, 4.69) is 4.98 Å². The number of anilines is 1. The molecule has 0 fully saturated rings. The lowest BCUT2D eigenvalue weighted by atomic mass is 10.2. The molecular weight excluding hydrogens is 268 g/mol. The molecule has 1 heterocycles. The summed E-state index contributed by atoms with van der Waals surface area (Å²) in [6.07, 6.45) is 1.52. The van der Waals surface area contributed by atoms with Crippen LogP contribution in [0.2, 0.25) is 0 Å². The first-order valence-electron chi connectivity index (χ1n) is 6.59. The average Bonchev–Trinajstić information content (AvgIpc) is 2.49. The van der Waals surface area contributed by atoms with Gasteiger partial charge in [-0.3, -0.25) is 14.5 Å². The van der Waals surface area contributed by atoms with Gasteiger partial charge in [-0.15, -0.1) is 0 Å². The Morgan fingerprint density at radius 1 is 1.14 bits per heavy atom. The van der Waals surface area contributed by atoms with Crippen LogP contribution < -0.4 is 4.90 Å². The highest BCUT2D eigenvalue weighted by atomic mass is 16.4. The van der Waals surface area contributed by atoms with Crippen LogP contribution in [-0.4, -0.2) is 28.5 Å². The van der Waals surface area contributed by atoms with Gasteiger partial charge in [-0.05, 0) is 30.7 Å². The van der Waals surface area contributed by atoms with E-state index < -0.39 is 5.97 Å². The average molecular weight is 284 g/mol. The lowest BCUT2D eigenvalue weighted by molar-refractivity contribution is -0.136. The fourth-order valence-electron chi connectivity index (χ4n) is 1.88. The number of pyridine rings is 1. The second kappa shape index (κ2) is 6.65. The Morgan fingerprint density at radius 2 is 1.86 bits per heavy atom. The van der Waals surface area contributed by atoms with E-state index in [1.807, 2.05) is 19.1 Å². The highest BCUT2D eigenvalue weighted by Crippen LogP contribution is 2.15. The molecule has 0 atom stereocenters. The number of amides is 1. The smallest absolute Gasteiger partial charge is 0.305 e. The Hall–Kier alpha value is -2.69. The van der Waals surface area contributed by atoms with Crippen LogP contribution >= 0.6 is 0 Å². The minimum absolute atomic E-state index is 0.0825. The molecule has 1 aromatic carbocycles. The van der Waals surface area contributed by atoms with Gasteiger partial charge in [0.25, 0.3) is 5.91 Å². The molecule has 21 heavy (non-hydrogen) atoms. The molecule has 0 saturated heterocycles. The summed E-state index contributed by atoms with van der Waals surface area (Å²) in [4.78, 5) is 28.9. The number of hydrogen-bond donors (Lipinski definition) is 1. The van der Waals surface area contributed by atoms with Crippen LogP contribution in [0, 0.1) is 6.92 Å². The molecular formula is C16H16N2O3. The number of aromatic nitrogens is 1. The largest absolute Gasteiger partial charge is 0.481 e. The normalized spacial score (nSPS) is 10.1. The van der Waals surface area contributed by atoms with Crippen molar-refractivity contribution in [1.82, 2.24) is 4.98 Å². The fraction of sp³-hybridized carbons (Fsp3) is 0.188. The zero-order chi connectivity index (χ0) is 15.2. The van der Waals surface area contributed by atoms with Gasteiger partial charge in [0.1, 0.15) is 5.82 Å². The Kier molecular flexibility index (Phi) is 4.66. The van der Waals surface area contributed by atoms with Crippen molar-refractivity contribution in [2.24, 2.45) is 0 Å². The molecule has 5 heteroatoms. The highest BCUT2D eigenvalue weighted by molar-refractivity contribution is 6.05. The Balaban J connectivity index is 2.29. The zero-order valence-corrected chi connectivity index (χ0v) is 11.7. The summed E-state index contributed by atoms with van der Waals surface area (Å²) >= 11 is 0. The molecule has 0 spiro atoms. The lowest BCUT2D eigenvalue weighted by Gasteiger charge is -2.21. The van der Waals surface area contributed by atoms with E-state index in [1.54, 1.807) is 36.5 Å². The Morgan fingerprint density at radius 3 is 2.43 bits per heavy atom. The third-order valence-corrected chi connectivity index (χ3v) is 2.99. The predicted molar refractivity (Wildman–Crippen MR) is 79.3 cm³/mol. The minimum atomic E-state index is -0.951. The third kappa shape index (κ3) is 3.89. The summed E-state index contributed by atoms with van der Waals surface area (Å²) in [6, 6.07) is 12.3. The van der Waals surface area contributed by atoms with Gasteiger partial charge in [0.05, 0.1) is 6.42 Å². The summed E-state index contributed by atoms with van der Waals surface area (Å²) in [7, 11) is 0. The van der Waals surface area contributed by atoms with Crippen LogP contribution in [0.5, 0.6) is 0 Å². The van der Waals surface area contributed by atoms with Crippen LogP contribution in [-0.2, 0) is 4.79 Å². The number of benzene rings is 1. The molecule has 0 aliphatic heterocycles. The van der Waals surface area contributed by atoms with Crippen LogP contribution in [0.3, 0.4) is 0 Å². The van der Waals surface area contributed by atoms with E-state index in [0.29, 0.717) is 11.4 Å². The molecule has 0 radical (unpaired) electrons. The Labute approximate surface area is 122 Å². The van der Waals surface area contributed by atoms with Gasteiger partial charge in [-0.1, -0.05) is 24.3 Å². The monoisotopic (exact) mass is 284 g/mol. The lowest BCUT2D eigenvalue weighted by Crippen LogP contribution is -2.33. The molecule has 1 amide bonds. The maximum atomic E-state index is 12.5. The Bertz CT molecular complexity index is 624. The van der Waals surface area contributed by atoms with Crippen molar-refractivity contribution in [1.29, 1.82) is 0 Å².